The largest absolute Gasteiger partial charge is 0.368 e. The Labute approximate surface area is 129 Å². The first-order valence-electron chi connectivity index (χ1n) is 8.65. The molecule has 1 saturated carbocycles. The van der Waals surface area contributed by atoms with Gasteiger partial charge in [-0.1, -0.05) is 39.3 Å². The van der Waals surface area contributed by atoms with E-state index in [1.54, 1.807) is 0 Å². The van der Waals surface area contributed by atoms with Gasteiger partial charge in [0, 0.05) is 36.9 Å². The number of benzene rings is 1. The molecule has 3 aliphatic heterocycles. The third kappa shape index (κ3) is 2.28. The monoisotopic (exact) mass is 284 g/mol. The lowest BCUT2D eigenvalue weighted by molar-refractivity contribution is -0.0631. The molecule has 5 rings (SSSR count). The van der Waals surface area contributed by atoms with Crippen molar-refractivity contribution in [1.82, 2.24) is 4.90 Å². The highest BCUT2D eigenvalue weighted by Crippen LogP contribution is 2.41. The molecular weight excluding hydrogens is 256 g/mol. The maximum Gasteiger partial charge on any atom is 0.0367 e. The third-order valence-corrected chi connectivity index (χ3v) is 5.84. The van der Waals surface area contributed by atoms with E-state index in [2.05, 4.69) is 54.8 Å². The molecule has 114 valence electrons. The highest BCUT2D eigenvalue weighted by atomic mass is 15.4. The van der Waals surface area contributed by atoms with E-state index in [-0.39, 0.29) is 5.41 Å². The van der Waals surface area contributed by atoms with Crippen molar-refractivity contribution in [3.8, 4) is 0 Å². The van der Waals surface area contributed by atoms with Crippen molar-refractivity contribution in [3.05, 3.63) is 29.8 Å². The van der Waals surface area contributed by atoms with Crippen molar-refractivity contribution < 1.29 is 0 Å². The second-order valence-corrected chi connectivity index (χ2v) is 8.28. The number of anilines is 1. The Balaban J connectivity index is 1.44. The smallest absolute Gasteiger partial charge is 0.0367 e. The summed E-state index contributed by atoms with van der Waals surface area (Å²) in [6, 6.07) is 11.9. The van der Waals surface area contributed by atoms with Crippen LogP contribution in [0.2, 0.25) is 0 Å². The average Bonchev–Trinajstić information content (AvgIpc) is 2.42. The normalized spacial score (nSPS) is 30.0. The fourth-order valence-corrected chi connectivity index (χ4v) is 4.30. The van der Waals surface area contributed by atoms with Crippen LogP contribution < -0.4 is 4.90 Å². The van der Waals surface area contributed by atoms with Gasteiger partial charge in [0.2, 0.25) is 0 Å². The molecule has 2 heteroatoms. The molecule has 21 heavy (non-hydrogen) atoms. The minimum atomic E-state index is 0.254. The first-order chi connectivity index (χ1) is 10.0. The first-order valence-corrected chi connectivity index (χ1v) is 8.65. The van der Waals surface area contributed by atoms with Gasteiger partial charge in [0.1, 0.15) is 0 Å². The van der Waals surface area contributed by atoms with Gasteiger partial charge in [0.15, 0.2) is 0 Å². The number of piperidine rings is 1. The van der Waals surface area contributed by atoms with Crippen molar-refractivity contribution in [1.29, 1.82) is 0 Å². The summed E-state index contributed by atoms with van der Waals surface area (Å²) in [7, 11) is 0. The van der Waals surface area contributed by atoms with Gasteiger partial charge in [-0.2, -0.15) is 0 Å². The number of fused-ring (bicyclic) bond motifs is 2. The summed E-state index contributed by atoms with van der Waals surface area (Å²) in [6.45, 7) is 9.33. The zero-order valence-electron chi connectivity index (χ0n) is 13.7. The number of hydrogen-bond donors (Lipinski definition) is 0. The van der Waals surface area contributed by atoms with Gasteiger partial charge in [-0.25, -0.2) is 0 Å². The van der Waals surface area contributed by atoms with E-state index in [0.717, 1.165) is 18.1 Å². The fraction of sp³-hybridized carbons (Fsp3) is 0.684. The topological polar surface area (TPSA) is 6.48 Å². The summed E-state index contributed by atoms with van der Waals surface area (Å²) in [6.07, 6.45) is 5.80. The first kappa shape index (κ1) is 13.6. The molecule has 0 radical (unpaired) electrons. The van der Waals surface area contributed by atoms with Crippen molar-refractivity contribution in [2.75, 3.05) is 18.0 Å². The molecule has 2 unspecified atom stereocenters. The van der Waals surface area contributed by atoms with Crippen molar-refractivity contribution >= 4 is 5.69 Å². The minimum absolute atomic E-state index is 0.254. The number of piperazine rings is 1. The van der Waals surface area contributed by atoms with Crippen LogP contribution in [0, 0.1) is 0 Å². The molecule has 1 aliphatic carbocycles. The average molecular weight is 284 g/mol. The predicted octanol–water partition coefficient (Wildman–Crippen LogP) is 3.80. The molecule has 3 saturated heterocycles. The van der Waals surface area contributed by atoms with Crippen molar-refractivity contribution in [2.45, 2.75) is 70.0 Å². The summed E-state index contributed by atoms with van der Waals surface area (Å²) >= 11 is 0. The van der Waals surface area contributed by atoms with Gasteiger partial charge < -0.3 is 4.90 Å². The molecule has 4 aliphatic rings. The Morgan fingerprint density at radius 1 is 0.905 bits per heavy atom. The van der Waals surface area contributed by atoms with Crippen LogP contribution in [0.15, 0.2) is 24.3 Å². The number of rotatable bonds is 2. The van der Waals surface area contributed by atoms with Gasteiger partial charge in [0.05, 0.1) is 0 Å². The van der Waals surface area contributed by atoms with Crippen LogP contribution in [-0.4, -0.2) is 36.1 Å². The Bertz CT molecular complexity index is 497. The Morgan fingerprint density at radius 3 is 2.00 bits per heavy atom. The fourth-order valence-electron chi connectivity index (χ4n) is 4.30. The molecule has 2 nitrogen and oxygen atoms in total. The van der Waals surface area contributed by atoms with E-state index in [0.29, 0.717) is 0 Å². The zero-order chi connectivity index (χ0) is 14.6. The Morgan fingerprint density at radius 2 is 1.52 bits per heavy atom. The van der Waals surface area contributed by atoms with Crippen molar-refractivity contribution in [3.63, 3.8) is 0 Å². The third-order valence-electron chi connectivity index (χ3n) is 5.84. The second-order valence-electron chi connectivity index (χ2n) is 8.28. The van der Waals surface area contributed by atoms with E-state index >= 15 is 0 Å². The van der Waals surface area contributed by atoms with Crippen LogP contribution >= 0.6 is 0 Å². The Hall–Kier alpha value is -1.02. The summed E-state index contributed by atoms with van der Waals surface area (Å²) < 4.78 is 0. The van der Waals surface area contributed by atoms with Gasteiger partial charge in [-0.3, -0.25) is 4.90 Å². The van der Waals surface area contributed by atoms with E-state index in [1.165, 1.54) is 50.0 Å². The molecule has 1 aromatic carbocycles. The van der Waals surface area contributed by atoms with Crippen LogP contribution in [0.3, 0.4) is 0 Å². The zero-order valence-corrected chi connectivity index (χ0v) is 13.7. The molecule has 0 aromatic heterocycles. The summed E-state index contributed by atoms with van der Waals surface area (Å²) in [5.41, 5.74) is 3.11. The molecule has 2 atom stereocenters. The predicted molar refractivity (Wildman–Crippen MR) is 89.0 cm³/mol. The van der Waals surface area contributed by atoms with Crippen LogP contribution in [0.5, 0.6) is 0 Å². The van der Waals surface area contributed by atoms with E-state index in [4.69, 9.17) is 0 Å². The lowest BCUT2D eigenvalue weighted by Gasteiger charge is -2.61. The van der Waals surface area contributed by atoms with Crippen LogP contribution in [0.1, 0.15) is 52.0 Å². The molecule has 0 spiro atoms. The molecule has 1 aromatic rings. The summed E-state index contributed by atoms with van der Waals surface area (Å²) in [5, 5.41) is 0. The molecule has 3 heterocycles. The van der Waals surface area contributed by atoms with Gasteiger partial charge in [-0.05, 0) is 42.4 Å². The quantitative estimate of drug-likeness (QED) is 0.815. The van der Waals surface area contributed by atoms with Gasteiger partial charge in [-0.15, -0.1) is 0 Å². The van der Waals surface area contributed by atoms with Crippen LogP contribution in [0.25, 0.3) is 0 Å². The molecular formula is C19H28N2. The van der Waals surface area contributed by atoms with Crippen LogP contribution in [0.4, 0.5) is 5.69 Å². The Kier molecular flexibility index (Phi) is 3.08. The highest BCUT2D eigenvalue weighted by Gasteiger charge is 2.48. The second kappa shape index (κ2) is 4.74. The number of nitrogens with zero attached hydrogens (tertiary/aromatic N) is 2. The standard InChI is InChI=1S/C19H28N2/c1-19(2,3)14-7-9-15(10-8-14)20-12-17-11-18(13-20)21(17)16-5-4-6-16/h7-10,16-18H,4-6,11-13H2,1-3H3. The van der Waals surface area contributed by atoms with Gasteiger partial charge >= 0.3 is 0 Å². The van der Waals surface area contributed by atoms with E-state index in [1.807, 2.05) is 0 Å². The van der Waals surface area contributed by atoms with Gasteiger partial charge in [0.25, 0.3) is 0 Å². The van der Waals surface area contributed by atoms with Crippen LogP contribution in [-0.2, 0) is 5.41 Å². The minimum Gasteiger partial charge on any atom is -0.368 e. The SMILES string of the molecule is CC(C)(C)c1ccc(N2CC3CC(C2)N3C2CCC2)cc1. The maximum atomic E-state index is 2.84. The van der Waals surface area contributed by atoms with E-state index < -0.39 is 0 Å². The van der Waals surface area contributed by atoms with E-state index in [9.17, 15) is 0 Å². The lowest BCUT2D eigenvalue weighted by Crippen LogP contribution is -2.72. The highest BCUT2D eigenvalue weighted by molar-refractivity contribution is 5.50. The summed E-state index contributed by atoms with van der Waals surface area (Å²) in [4.78, 5) is 5.45. The maximum absolute atomic E-state index is 2.84. The molecule has 4 fully saturated rings. The molecule has 0 N–H and O–H groups in total. The van der Waals surface area contributed by atoms with Crippen molar-refractivity contribution in [2.24, 2.45) is 0 Å². The molecule has 0 amide bonds. The summed E-state index contributed by atoms with van der Waals surface area (Å²) in [5.74, 6) is 0. The lowest BCUT2D eigenvalue weighted by atomic mass is 9.79. The molecule has 2 bridgehead atoms. The number of hydrogen-bond acceptors (Lipinski definition) is 2.